The first-order valence-corrected chi connectivity index (χ1v) is 15.2. The van der Waals surface area contributed by atoms with Gasteiger partial charge in [-0.25, -0.2) is 0 Å². The Morgan fingerprint density at radius 3 is 1.88 bits per heavy atom. The molecule has 1 unspecified atom stereocenters. The van der Waals surface area contributed by atoms with Gasteiger partial charge in [0, 0.05) is 4.48 Å². The van der Waals surface area contributed by atoms with E-state index in [0.29, 0.717) is 13.2 Å². The van der Waals surface area contributed by atoms with E-state index >= 15 is 0 Å². The molecule has 0 saturated carbocycles. The quantitative estimate of drug-likeness (QED) is 0.249. The molecule has 0 amide bonds. The van der Waals surface area contributed by atoms with Crippen LogP contribution in [0.5, 0.6) is 0 Å². The number of benzene rings is 2. The van der Waals surface area contributed by atoms with Gasteiger partial charge in [-0.05, 0) is 54.1 Å². The van der Waals surface area contributed by atoms with Gasteiger partial charge in [-0.1, -0.05) is 97.4 Å². The molecule has 0 aliphatic heterocycles. The van der Waals surface area contributed by atoms with Crippen molar-refractivity contribution in [2.24, 2.45) is 0 Å². The van der Waals surface area contributed by atoms with Crippen LogP contribution in [0.25, 0.3) is 0 Å². The van der Waals surface area contributed by atoms with E-state index in [1.54, 1.807) is 0 Å². The minimum Gasteiger partial charge on any atom is -0.409 e. The molecule has 174 valence electrons. The molecule has 3 nitrogen and oxygen atoms in total. The van der Waals surface area contributed by atoms with Gasteiger partial charge in [0.1, 0.15) is 0 Å². The summed E-state index contributed by atoms with van der Waals surface area (Å²) in [6.45, 7) is 12.5. The Bertz CT molecular complexity index is 831. The normalized spacial score (nSPS) is 17.8. The zero-order valence-corrected chi connectivity index (χ0v) is 22.7. The largest absolute Gasteiger partial charge is 0.409 e. The summed E-state index contributed by atoms with van der Waals surface area (Å²) in [7, 11) is -1.89. The third-order valence-electron chi connectivity index (χ3n) is 6.52. The molecule has 0 fully saturated rings. The maximum atomic E-state index is 6.78. The standard InChI is InChI=1S/C27H37BrO3Si/c1-27(2,3)32(4,5)31-24-18-12-17-23(25(24)28)26(29-19-21-13-8-6-9-14-21)30-20-22-15-10-7-11-16-22/h6-11,13-16,24,26H,12,17-20H2,1-5H3. The molecule has 1 atom stereocenters. The fraction of sp³-hybridized carbons (Fsp3) is 0.481. The Balaban J connectivity index is 1.80. The second-order valence-electron chi connectivity index (χ2n) is 10.1. The molecule has 5 heteroatoms. The summed E-state index contributed by atoms with van der Waals surface area (Å²) in [6.07, 6.45) is 2.72. The highest BCUT2D eigenvalue weighted by Gasteiger charge is 2.41. The average Bonchev–Trinajstić information content (AvgIpc) is 2.76. The van der Waals surface area contributed by atoms with E-state index in [1.165, 1.54) is 5.57 Å². The highest BCUT2D eigenvalue weighted by molar-refractivity contribution is 9.11. The van der Waals surface area contributed by atoms with Crippen molar-refractivity contribution in [3.05, 3.63) is 81.8 Å². The topological polar surface area (TPSA) is 27.7 Å². The van der Waals surface area contributed by atoms with Crippen molar-refractivity contribution < 1.29 is 13.9 Å². The number of rotatable bonds is 9. The van der Waals surface area contributed by atoms with Crippen LogP contribution in [0, 0.1) is 0 Å². The van der Waals surface area contributed by atoms with Gasteiger partial charge in [0.2, 0.25) is 0 Å². The van der Waals surface area contributed by atoms with Crippen molar-refractivity contribution in [2.45, 2.75) is 83.8 Å². The van der Waals surface area contributed by atoms with Crippen LogP contribution in [0.4, 0.5) is 0 Å². The molecule has 0 N–H and O–H groups in total. The molecule has 3 rings (SSSR count). The van der Waals surface area contributed by atoms with Gasteiger partial charge in [-0.3, -0.25) is 0 Å². The van der Waals surface area contributed by atoms with E-state index in [9.17, 15) is 0 Å². The molecule has 0 spiro atoms. The highest BCUT2D eigenvalue weighted by Crippen LogP contribution is 2.42. The van der Waals surface area contributed by atoms with Gasteiger partial charge < -0.3 is 13.9 Å². The lowest BCUT2D eigenvalue weighted by atomic mass is 9.97. The number of halogens is 1. The number of hydrogen-bond acceptors (Lipinski definition) is 3. The summed E-state index contributed by atoms with van der Waals surface area (Å²) >= 11 is 3.91. The maximum Gasteiger partial charge on any atom is 0.192 e. The molecular weight excluding hydrogens is 480 g/mol. The summed E-state index contributed by atoms with van der Waals surface area (Å²) < 4.78 is 20.6. The molecule has 1 aliphatic rings. The number of ether oxygens (including phenoxy) is 2. The SMILES string of the molecule is CC(C)(C)[Si](C)(C)OC1CCCC(C(OCc2ccccc2)OCc2ccccc2)=C1Br. The lowest BCUT2D eigenvalue weighted by Crippen LogP contribution is -2.45. The Hall–Kier alpha value is -1.24. The van der Waals surface area contributed by atoms with Gasteiger partial charge in [0.15, 0.2) is 14.6 Å². The first kappa shape index (κ1) is 25.4. The van der Waals surface area contributed by atoms with Gasteiger partial charge in [0.05, 0.1) is 19.3 Å². The Morgan fingerprint density at radius 1 is 0.906 bits per heavy atom. The Kier molecular flexibility index (Phi) is 8.93. The average molecular weight is 518 g/mol. The van der Waals surface area contributed by atoms with Gasteiger partial charge in [-0.15, -0.1) is 0 Å². The maximum absolute atomic E-state index is 6.78. The fourth-order valence-electron chi connectivity index (χ4n) is 3.55. The van der Waals surface area contributed by atoms with Crippen molar-refractivity contribution in [3.63, 3.8) is 0 Å². The molecule has 0 radical (unpaired) electrons. The third kappa shape index (κ3) is 6.88. The summed E-state index contributed by atoms with van der Waals surface area (Å²) in [4.78, 5) is 0. The summed E-state index contributed by atoms with van der Waals surface area (Å²) in [5.41, 5.74) is 3.46. The molecule has 1 aliphatic carbocycles. The van der Waals surface area contributed by atoms with Crippen LogP contribution in [0.2, 0.25) is 18.1 Å². The molecular formula is C27H37BrO3Si. The molecule has 0 saturated heterocycles. The molecule has 0 heterocycles. The zero-order chi connectivity index (χ0) is 23.2. The van der Waals surface area contributed by atoms with E-state index in [2.05, 4.69) is 74.1 Å². The van der Waals surface area contributed by atoms with Crippen LogP contribution < -0.4 is 0 Å². The number of hydrogen-bond donors (Lipinski definition) is 0. The molecule has 2 aromatic rings. The van der Waals surface area contributed by atoms with E-state index in [-0.39, 0.29) is 11.1 Å². The minimum absolute atomic E-state index is 0.0720. The van der Waals surface area contributed by atoms with E-state index in [1.807, 2.05) is 36.4 Å². The lowest BCUT2D eigenvalue weighted by molar-refractivity contribution is -0.136. The third-order valence-corrected chi connectivity index (χ3v) is 12.0. The van der Waals surface area contributed by atoms with Crippen molar-refractivity contribution >= 4 is 24.2 Å². The van der Waals surface area contributed by atoms with Crippen LogP contribution in [-0.4, -0.2) is 20.7 Å². The second kappa shape index (κ2) is 11.3. The predicted molar refractivity (Wildman–Crippen MR) is 138 cm³/mol. The Morgan fingerprint density at radius 2 is 1.41 bits per heavy atom. The van der Waals surface area contributed by atoms with Crippen LogP contribution in [0.1, 0.15) is 51.2 Å². The monoisotopic (exact) mass is 516 g/mol. The van der Waals surface area contributed by atoms with Gasteiger partial charge in [0.25, 0.3) is 0 Å². The van der Waals surface area contributed by atoms with Crippen molar-refractivity contribution in [1.29, 1.82) is 0 Å². The first-order valence-electron chi connectivity index (χ1n) is 11.5. The van der Waals surface area contributed by atoms with Crippen LogP contribution >= 0.6 is 15.9 Å². The van der Waals surface area contributed by atoms with Crippen molar-refractivity contribution in [1.82, 2.24) is 0 Å². The summed E-state index contributed by atoms with van der Waals surface area (Å²) in [5.74, 6) is 0. The second-order valence-corrected chi connectivity index (χ2v) is 15.7. The van der Waals surface area contributed by atoms with E-state index in [0.717, 1.165) is 34.9 Å². The predicted octanol–water partition coefficient (Wildman–Crippen LogP) is 7.97. The van der Waals surface area contributed by atoms with Crippen LogP contribution in [0.3, 0.4) is 0 Å². The van der Waals surface area contributed by atoms with Crippen LogP contribution in [0.15, 0.2) is 70.7 Å². The van der Waals surface area contributed by atoms with Gasteiger partial charge in [-0.2, -0.15) is 0 Å². The van der Waals surface area contributed by atoms with Crippen molar-refractivity contribution in [3.8, 4) is 0 Å². The van der Waals surface area contributed by atoms with Crippen molar-refractivity contribution in [2.75, 3.05) is 0 Å². The lowest BCUT2D eigenvalue weighted by Gasteiger charge is -2.41. The van der Waals surface area contributed by atoms with E-state index < -0.39 is 14.6 Å². The summed E-state index contributed by atoms with van der Waals surface area (Å²) in [5, 5.41) is 0.172. The highest BCUT2D eigenvalue weighted by atomic mass is 79.9. The minimum atomic E-state index is -1.89. The first-order chi connectivity index (χ1) is 15.2. The molecule has 0 bridgehead atoms. The van der Waals surface area contributed by atoms with Crippen LogP contribution in [-0.2, 0) is 27.1 Å². The Labute approximate surface area is 203 Å². The zero-order valence-electron chi connectivity index (χ0n) is 20.1. The van der Waals surface area contributed by atoms with E-state index in [4.69, 9.17) is 13.9 Å². The van der Waals surface area contributed by atoms with Gasteiger partial charge >= 0.3 is 0 Å². The summed E-state index contributed by atoms with van der Waals surface area (Å²) in [6, 6.07) is 20.5. The molecule has 0 aromatic heterocycles. The fourth-order valence-corrected chi connectivity index (χ4v) is 5.73. The molecule has 32 heavy (non-hydrogen) atoms. The smallest absolute Gasteiger partial charge is 0.192 e. The molecule has 2 aromatic carbocycles.